The third kappa shape index (κ3) is 3.26. The second kappa shape index (κ2) is 6.06. The van der Waals surface area contributed by atoms with Crippen molar-refractivity contribution in [3.8, 4) is 5.75 Å². The summed E-state index contributed by atoms with van der Waals surface area (Å²) in [6, 6.07) is 9.84. The van der Waals surface area contributed by atoms with Crippen molar-refractivity contribution in [2.75, 3.05) is 7.11 Å². The van der Waals surface area contributed by atoms with E-state index in [0.29, 0.717) is 0 Å². The molecule has 2 nitrogen and oxygen atoms in total. The highest BCUT2D eigenvalue weighted by Crippen LogP contribution is 2.35. The highest BCUT2D eigenvalue weighted by atomic mass is 79.9. The van der Waals surface area contributed by atoms with Crippen LogP contribution < -0.4 is 10.5 Å². The molecule has 96 valence electrons. The summed E-state index contributed by atoms with van der Waals surface area (Å²) in [6.07, 6.45) is 0.785. The van der Waals surface area contributed by atoms with Gasteiger partial charge in [-0.1, -0.05) is 23.7 Å². The van der Waals surface area contributed by atoms with Gasteiger partial charge in [0.1, 0.15) is 5.75 Å². The van der Waals surface area contributed by atoms with Gasteiger partial charge in [-0.2, -0.15) is 0 Å². The van der Waals surface area contributed by atoms with Gasteiger partial charge in [0, 0.05) is 10.9 Å². The minimum Gasteiger partial charge on any atom is -0.497 e. The monoisotopic (exact) mass is 345 g/mol. The molecule has 0 spiro atoms. The minimum absolute atomic E-state index is 0.0350. The first-order valence-corrected chi connectivity index (χ1v) is 7.42. The van der Waals surface area contributed by atoms with Gasteiger partial charge in [0.05, 0.1) is 15.9 Å². The van der Waals surface area contributed by atoms with Crippen molar-refractivity contribution in [1.82, 2.24) is 0 Å². The van der Waals surface area contributed by atoms with Crippen LogP contribution >= 0.6 is 38.9 Å². The summed E-state index contributed by atoms with van der Waals surface area (Å²) in [7, 11) is 1.66. The molecule has 0 amide bonds. The van der Waals surface area contributed by atoms with Gasteiger partial charge >= 0.3 is 0 Å². The van der Waals surface area contributed by atoms with Gasteiger partial charge in [-0.05, 0) is 46.1 Å². The van der Waals surface area contributed by atoms with Crippen molar-refractivity contribution < 1.29 is 4.74 Å². The normalized spacial score (nSPS) is 12.4. The van der Waals surface area contributed by atoms with Crippen molar-refractivity contribution in [2.24, 2.45) is 5.73 Å². The lowest BCUT2D eigenvalue weighted by atomic mass is 10.1. The van der Waals surface area contributed by atoms with Crippen LogP contribution in [0.15, 0.2) is 34.1 Å². The Hall–Kier alpha value is -0.550. The van der Waals surface area contributed by atoms with E-state index < -0.39 is 0 Å². The summed E-state index contributed by atoms with van der Waals surface area (Å²) in [5, 5.41) is 0.722. The van der Waals surface area contributed by atoms with Crippen molar-refractivity contribution in [3.63, 3.8) is 0 Å². The van der Waals surface area contributed by atoms with E-state index in [-0.39, 0.29) is 6.04 Å². The second-order valence-electron chi connectivity index (χ2n) is 3.93. The predicted molar refractivity (Wildman–Crippen MR) is 80.7 cm³/mol. The Balaban J connectivity index is 2.08. The number of hydrogen-bond donors (Lipinski definition) is 1. The topological polar surface area (TPSA) is 35.2 Å². The van der Waals surface area contributed by atoms with E-state index in [2.05, 4.69) is 15.9 Å². The quantitative estimate of drug-likeness (QED) is 0.889. The fourth-order valence-corrected chi connectivity index (χ4v) is 3.41. The molecule has 0 saturated carbocycles. The predicted octanol–water partition coefficient (Wildman–Crippen LogP) is 4.42. The Kier molecular flexibility index (Phi) is 4.67. The first-order valence-electron chi connectivity index (χ1n) is 5.43. The maximum atomic E-state index is 6.18. The lowest BCUT2D eigenvalue weighted by Crippen LogP contribution is -2.11. The fourth-order valence-electron chi connectivity index (χ4n) is 1.66. The molecule has 2 aromatic rings. The maximum Gasteiger partial charge on any atom is 0.118 e. The molecule has 0 radical (unpaired) electrons. The Morgan fingerprint density at radius 2 is 2.06 bits per heavy atom. The summed E-state index contributed by atoms with van der Waals surface area (Å²) in [5.74, 6) is 0.856. The van der Waals surface area contributed by atoms with E-state index in [1.807, 2.05) is 30.3 Å². The molecule has 1 aromatic carbocycles. The van der Waals surface area contributed by atoms with Crippen molar-refractivity contribution in [3.05, 3.63) is 49.6 Å². The number of halogens is 2. The molecule has 0 saturated heterocycles. The van der Waals surface area contributed by atoms with Gasteiger partial charge in [0.15, 0.2) is 0 Å². The van der Waals surface area contributed by atoms with E-state index >= 15 is 0 Å². The Labute approximate surface area is 124 Å². The third-order valence-electron chi connectivity index (χ3n) is 2.64. The standard InChI is InChI=1S/C13H13BrClNOS/c1-17-9-4-2-8(3-5-9)6-11(16)12-7-10(15)13(14)18-12/h2-5,7,11H,6,16H2,1H3. The molecule has 1 atom stereocenters. The van der Waals surface area contributed by atoms with Crippen LogP contribution in [0.3, 0.4) is 0 Å². The van der Waals surface area contributed by atoms with Crippen LogP contribution in [0.4, 0.5) is 0 Å². The summed E-state index contributed by atoms with van der Waals surface area (Å²) >= 11 is 11.0. The molecular formula is C13H13BrClNOS. The van der Waals surface area contributed by atoms with Crippen molar-refractivity contribution in [2.45, 2.75) is 12.5 Å². The Bertz CT molecular complexity index is 507. The van der Waals surface area contributed by atoms with Gasteiger partial charge in [-0.15, -0.1) is 11.3 Å². The maximum absolute atomic E-state index is 6.18. The van der Waals surface area contributed by atoms with E-state index in [0.717, 1.165) is 25.9 Å². The van der Waals surface area contributed by atoms with E-state index in [9.17, 15) is 0 Å². The summed E-state index contributed by atoms with van der Waals surface area (Å²) in [6.45, 7) is 0. The SMILES string of the molecule is COc1ccc(CC(N)c2cc(Cl)c(Br)s2)cc1. The molecule has 0 aliphatic carbocycles. The van der Waals surface area contributed by atoms with Gasteiger partial charge in [0.25, 0.3) is 0 Å². The zero-order valence-corrected chi connectivity index (χ0v) is 13.0. The molecule has 0 aliphatic rings. The third-order valence-corrected chi connectivity index (χ3v) is 5.25. The van der Waals surface area contributed by atoms with Gasteiger partial charge in [-0.25, -0.2) is 0 Å². The average Bonchev–Trinajstić information content (AvgIpc) is 2.71. The molecular weight excluding hydrogens is 334 g/mol. The zero-order chi connectivity index (χ0) is 13.1. The van der Waals surface area contributed by atoms with Crippen LogP contribution in [0.5, 0.6) is 5.75 Å². The number of rotatable bonds is 4. The van der Waals surface area contributed by atoms with Crippen molar-refractivity contribution >= 4 is 38.9 Å². The highest BCUT2D eigenvalue weighted by Gasteiger charge is 2.12. The minimum atomic E-state index is -0.0350. The van der Waals surface area contributed by atoms with Gasteiger partial charge in [0.2, 0.25) is 0 Å². The van der Waals surface area contributed by atoms with E-state index in [1.54, 1.807) is 18.4 Å². The summed E-state index contributed by atoms with van der Waals surface area (Å²) in [5.41, 5.74) is 7.36. The van der Waals surface area contributed by atoms with Crippen LogP contribution in [0.25, 0.3) is 0 Å². The molecule has 2 N–H and O–H groups in total. The molecule has 1 aromatic heterocycles. The first kappa shape index (κ1) is 13.9. The molecule has 5 heteroatoms. The second-order valence-corrected chi connectivity index (χ2v) is 6.74. The van der Waals surface area contributed by atoms with E-state index in [1.165, 1.54) is 5.56 Å². The van der Waals surface area contributed by atoms with Crippen LogP contribution in [0, 0.1) is 0 Å². The van der Waals surface area contributed by atoms with Crippen LogP contribution in [-0.2, 0) is 6.42 Å². The molecule has 0 bridgehead atoms. The number of methoxy groups -OCH3 is 1. The summed E-state index contributed by atoms with van der Waals surface area (Å²) < 4.78 is 6.06. The molecule has 1 unspecified atom stereocenters. The fraction of sp³-hybridized carbons (Fsp3) is 0.231. The largest absolute Gasteiger partial charge is 0.497 e. The number of nitrogens with two attached hydrogens (primary N) is 1. The van der Waals surface area contributed by atoms with Gasteiger partial charge < -0.3 is 10.5 Å². The van der Waals surface area contributed by atoms with Crippen LogP contribution in [0.2, 0.25) is 5.02 Å². The van der Waals surface area contributed by atoms with Crippen LogP contribution in [0.1, 0.15) is 16.5 Å². The Morgan fingerprint density at radius 1 is 1.39 bits per heavy atom. The van der Waals surface area contributed by atoms with Gasteiger partial charge in [-0.3, -0.25) is 0 Å². The molecule has 0 aliphatic heterocycles. The zero-order valence-electron chi connectivity index (χ0n) is 9.82. The van der Waals surface area contributed by atoms with Crippen LogP contribution in [-0.4, -0.2) is 7.11 Å². The lowest BCUT2D eigenvalue weighted by molar-refractivity contribution is 0.414. The average molecular weight is 347 g/mol. The number of thiophene rings is 1. The number of benzene rings is 1. The highest BCUT2D eigenvalue weighted by molar-refractivity contribution is 9.11. The first-order chi connectivity index (χ1) is 8.60. The molecule has 18 heavy (non-hydrogen) atoms. The summed E-state index contributed by atoms with van der Waals surface area (Å²) in [4.78, 5) is 1.09. The molecule has 2 rings (SSSR count). The number of hydrogen-bond acceptors (Lipinski definition) is 3. The smallest absolute Gasteiger partial charge is 0.118 e. The molecule has 1 heterocycles. The number of ether oxygens (including phenoxy) is 1. The lowest BCUT2D eigenvalue weighted by Gasteiger charge is -2.10. The molecule has 0 fully saturated rings. The Morgan fingerprint density at radius 3 is 2.56 bits per heavy atom. The van der Waals surface area contributed by atoms with Crippen molar-refractivity contribution in [1.29, 1.82) is 0 Å². The van der Waals surface area contributed by atoms with E-state index in [4.69, 9.17) is 22.1 Å².